The number of fused-ring (bicyclic) bond motifs is 2. The van der Waals surface area contributed by atoms with E-state index < -0.39 is 5.54 Å². The van der Waals surface area contributed by atoms with Gasteiger partial charge in [0.05, 0.1) is 16.6 Å². The molecule has 0 spiro atoms. The molecule has 12 nitrogen and oxygen atoms in total. The molecule has 38 heavy (non-hydrogen) atoms. The average Bonchev–Trinajstić information content (AvgIpc) is 3.56. The SMILES string of the molecule is CC1=C(C(=O)Nc2ccc3[nH]nc(-c4ccnc(N5CCN[C@@H](C)C5)c4)c3c2)C(C)(C)n2nnnc2N1C. The summed E-state index contributed by atoms with van der Waals surface area (Å²) in [4.78, 5) is 22.4. The number of H-pyrrole nitrogens is 1. The van der Waals surface area contributed by atoms with Crippen molar-refractivity contribution in [2.75, 3.05) is 41.8 Å². The Morgan fingerprint density at radius 1 is 1.21 bits per heavy atom. The summed E-state index contributed by atoms with van der Waals surface area (Å²) >= 11 is 0. The van der Waals surface area contributed by atoms with Gasteiger partial charge in [-0.25, -0.2) is 9.67 Å². The molecule has 1 amide bonds. The van der Waals surface area contributed by atoms with Gasteiger partial charge in [-0.1, -0.05) is 5.10 Å². The predicted molar refractivity (Wildman–Crippen MR) is 146 cm³/mol. The van der Waals surface area contributed by atoms with Gasteiger partial charge in [0.15, 0.2) is 0 Å². The second-order valence-corrected chi connectivity index (χ2v) is 10.5. The summed E-state index contributed by atoms with van der Waals surface area (Å²) in [5, 5.41) is 27.3. The summed E-state index contributed by atoms with van der Waals surface area (Å²) in [7, 11) is 1.86. The number of nitrogens with one attached hydrogen (secondary N) is 3. The fourth-order valence-corrected chi connectivity index (χ4v) is 5.45. The van der Waals surface area contributed by atoms with E-state index in [0.717, 1.165) is 53.3 Å². The number of carbonyl (C=O) groups is 1. The Labute approximate surface area is 220 Å². The number of hydrogen-bond acceptors (Lipinski definition) is 9. The number of allylic oxidation sites excluding steroid dienone is 1. The molecule has 6 rings (SSSR count). The van der Waals surface area contributed by atoms with Crippen LogP contribution in [-0.2, 0) is 10.3 Å². The van der Waals surface area contributed by atoms with Crippen LogP contribution in [0.5, 0.6) is 0 Å². The Morgan fingerprint density at radius 3 is 2.87 bits per heavy atom. The Kier molecular flexibility index (Phi) is 5.64. The fraction of sp³-hybridized carbons (Fsp3) is 0.385. The summed E-state index contributed by atoms with van der Waals surface area (Å²) in [6.45, 7) is 10.7. The Morgan fingerprint density at radius 2 is 2.05 bits per heavy atom. The second kappa shape index (κ2) is 8.91. The molecule has 2 aliphatic rings. The maximum absolute atomic E-state index is 13.6. The molecule has 3 aromatic heterocycles. The smallest absolute Gasteiger partial charge is 0.255 e. The van der Waals surface area contributed by atoms with Gasteiger partial charge in [-0.3, -0.25) is 9.89 Å². The van der Waals surface area contributed by atoms with Crippen LogP contribution in [0.3, 0.4) is 0 Å². The summed E-state index contributed by atoms with van der Waals surface area (Å²) < 4.78 is 1.67. The van der Waals surface area contributed by atoms with Crippen LogP contribution in [0, 0.1) is 0 Å². The molecule has 1 aromatic carbocycles. The number of carbonyl (C=O) groups excluding carboxylic acids is 1. The van der Waals surface area contributed by atoms with Crippen molar-refractivity contribution in [3.8, 4) is 11.3 Å². The van der Waals surface area contributed by atoms with Gasteiger partial charge in [-0.05, 0) is 68.5 Å². The summed E-state index contributed by atoms with van der Waals surface area (Å²) in [5.41, 5.74) is 4.02. The lowest BCUT2D eigenvalue weighted by Crippen LogP contribution is -2.49. The van der Waals surface area contributed by atoms with E-state index in [2.05, 4.69) is 59.2 Å². The Bertz CT molecular complexity index is 1570. The Hall–Kier alpha value is -4.32. The average molecular weight is 514 g/mol. The van der Waals surface area contributed by atoms with Crippen LogP contribution in [0.25, 0.3) is 22.2 Å². The predicted octanol–water partition coefficient (Wildman–Crippen LogP) is 2.51. The zero-order valence-corrected chi connectivity index (χ0v) is 22.1. The van der Waals surface area contributed by atoms with Crippen LogP contribution < -0.4 is 20.4 Å². The normalized spacial score (nSPS) is 19.1. The van der Waals surface area contributed by atoms with Gasteiger partial charge >= 0.3 is 0 Å². The van der Waals surface area contributed by atoms with E-state index in [1.807, 2.05) is 63.2 Å². The monoisotopic (exact) mass is 513 g/mol. The number of aromatic nitrogens is 7. The number of piperazine rings is 1. The van der Waals surface area contributed by atoms with Crippen molar-refractivity contribution in [1.82, 2.24) is 40.7 Å². The van der Waals surface area contributed by atoms with Crippen molar-refractivity contribution in [2.45, 2.75) is 39.3 Å². The number of amides is 1. The Balaban J connectivity index is 1.31. The van der Waals surface area contributed by atoms with E-state index in [9.17, 15) is 4.79 Å². The minimum Gasteiger partial charge on any atom is -0.354 e. The summed E-state index contributed by atoms with van der Waals surface area (Å²) in [6.07, 6.45) is 1.83. The zero-order chi connectivity index (χ0) is 26.6. The maximum atomic E-state index is 13.6. The van der Waals surface area contributed by atoms with Gasteiger partial charge in [0, 0.05) is 61.3 Å². The molecule has 0 aliphatic carbocycles. The lowest BCUT2D eigenvalue weighted by atomic mass is 9.89. The maximum Gasteiger partial charge on any atom is 0.255 e. The van der Waals surface area contributed by atoms with E-state index in [0.29, 0.717) is 23.3 Å². The highest BCUT2D eigenvalue weighted by molar-refractivity contribution is 6.07. The molecule has 0 bridgehead atoms. The van der Waals surface area contributed by atoms with Gasteiger partial charge in [-0.15, -0.1) is 0 Å². The number of rotatable bonds is 4. The van der Waals surface area contributed by atoms with Gasteiger partial charge in [0.1, 0.15) is 11.5 Å². The first-order valence-electron chi connectivity index (χ1n) is 12.7. The number of anilines is 3. The number of tetrazole rings is 1. The molecule has 2 aliphatic heterocycles. The van der Waals surface area contributed by atoms with Crippen molar-refractivity contribution in [3.05, 3.63) is 47.8 Å². The van der Waals surface area contributed by atoms with Crippen molar-refractivity contribution < 1.29 is 4.79 Å². The van der Waals surface area contributed by atoms with Crippen molar-refractivity contribution in [1.29, 1.82) is 0 Å². The van der Waals surface area contributed by atoms with E-state index in [4.69, 9.17) is 0 Å². The number of aromatic amines is 1. The van der Waals surface area contributed by atoms with Gasteiger partial charge in [0.2, 0.25) is 5.95 Å². The van der Waals surface area contributed by atoms with Gasteiger partial charge < -0.3 is 20.4 Å². The number of pyridine rings is 1. The van der Waals surface area contributed by atoms with Crippen LogP contribution in [0.4, 0.5) is 17.5 Å². The quantitative estimate of drug-likeness (QED) is 0.376. The molecule has 196 valence electrons. The number of benzene rings is 1. The molecule has 0 unspecified atom stereocenters. The third kappa shape index (κ3) is 3.88. The minimum absolute atomic E-state index is 0.205. The van der Waals surface area contributed by atoms with Crippen LogP contribution >= 0.6 is 0 Å². The second-order valence-electron chi connectivity index (χ2n) is 10.5. The van der Waals surface area contributed by atoms with Crippen molar-refractivity contribution >= 4 is 34.3 Å². The number of nitrogens with zero attached hydrogens (tertiary/aromatic N) is 8. The largest absolute Gasteiger partial charge is 0.354 e. The molecule has 12 heteroatoms. The minimum atomic E-state index is -0.723. The standard InChI is InChI=1S/C26H31N11O/c1-15-14-36(11-10-27-15)21-12-17(8-9-28-21)23-19-13-18(6-7-20(19)30-31-23)29-24(38)22-16(2)35(5)25-32-33-34-37(25)26(22,3)4/h6-9,12-13,15,27H,10-11,14H2,1-5H3,(H,29,38)(H,30,31)/t15-/m0/s1. The molecule has 0 radical (unpaired) electrons. The molecular formula is C26H31N11O. The van der Waals surface area contributed by atoms with E-state index in [1.54, 1.807) is 4.68 Å². The zero-order valence-electron chi connectivity index (χ0n) is 22.1. The fourth-order valence-electron chi connectivity index (χ4n) is 5.45. The first kappa shape index (κ1) is 24.0. The number of hydrogen-bond donors (Lipinski definition) is 3. The molecule has 0 saturated carbocycles. The molecule has 1 saturated heterocycles. The third-order valence-corrected chi connectivity index (χ3v) is 7.52. The summed E-state index contributed by atoms with van der Waals surface area (Å²) in [5.74, 6) is 1.33. The van der Waals surface area contributed by atoms with E-state index in [1.165, 1.54) is 0 Å². The summed E-state index contributed by atoms with van der Waals surface area (Å²) in [6, 6.07) is 10.2. The van der Waals surface area contributed by atoms with Gasteiger partial charge in [0.25, 0.3) is 5.91 Å². The molecule has 3 N–H and O–H groups in total. The highest BCUT2D eigenvalue weighted by Crippen LogP contribution is 2.37. The van der Waals surface area contributed by atoms with Crippen LogP contribution in [0.15, 0.2) is 47.8 Å². The van der Waals surface area contributed by atoms with Crippen LogP contribution in [0.2, 0.25) is 0 Å². The van der Waals surface area contributed by atoms with Crippen molar-refractivity contribution in [3.63, 3.8) is 0 Å². The van der Waals surface area contributed by atoms with Crippen molar-refractivity contribution in [2.24, 2.45) is 0 Å². The lowest BCUT2D eigenvalue weighted by molar-refractivity contribution is -0.113. The first-order chi connectivity index (χ1) is 18.2. The molecule has 1 fully saturated rings. The van der Waals surface area contributed by atoms with Crippen LogP contribution in [-0.4, -0.2) is 74.0 Å². The molecule has 1 atom stereocenters. The van der Waals surface area contributed by atoms with Gasteiger partial charge in [-0.2, -0.15) is 5.10 Å². The highest BCUT2D eigenvalue weighted by Gasteiger charge is 2.41. The van der Waals surface area contributed by atoms with E-state index in [-0.39, 0.29) is 5.91 Å². The van der Waals surface area contributed by atoms with E-state index >= 15 is 0 Å². The first-order valence-corrected chi connectivity index (χ1v) is 12.7. The highest BCUT2D eigenvalue weighted by atomic mass is 16.1. The molecular weight excluding hydrogens is 482 g/mol. The molecule has 5 heterocycles. The topological polar surface area (TPSA) is 133 Å². The lowest BCUT2D eigenvalue weighted by Gasteiger charge is -2.37. The molecule has 4 aromatic rings. The van der Waals surface area contributed by atoms with Crippen LogP contribution in [0.1, 0.15) is 27.7 Å². The third-order valence-electron chi connectivity index (χ3n) is 7.52.